The van der Waals surface area contributed by atoms with Crippen LogP contribution in [0.2, 0.25) is 0 Å². The first-order chi connectivity index (χ1) is 37.3. The Morgan fingerprint density at radius 3 is 1.73 bits per heavy atom. The lowest BCUT2D eigenvalue weighted by molar-refractivity contribution is -0.356. The standard InChI is InChI=1S/C58H88O21/c1-30-46(61)51(70-11)47(62)52(74-30)79-50-33(4)73-45(27-39(50)69-10)78-49-32(3)72-44(26-38(49)68-9)77-48-31(2)71-43(25-37(48)67-8)75-36-19-20-53(6)40-28-41(76-42(60)18-17-35-15-13-12-14-16-35)54(7)56(64,34(5)59)23-24-58(54,66)57(40,65)22-21-55(53,63)29-36/h12-18,21-22,30-34,36-41,43-52,59,61-66H,19-20,23-29H2,1-11H3/b18-17+/t30-,31-,32-,33-,34+,36+,37+,38+,39-,40-,41-,43+,44+,45+,46-,47-,48-,49-,50-,51+,52+,53-,54-,55-,56-,57+,58-/m1/s1. The molecule has 0 unspecified atom stereocenters. The van der Waals surface area contributed by atoms with E-state index in [2.05, 4.69) is 0 Å². The summed E-state index contributed by atoms with van der Waals surface area (Å²) in [4.78, 5) is 13.7. The number of benzene rings is 1. The molecule has 0 radical (unpaired) electrons. The van der Waals surface area contributed by atoms with E-state index in [-0.39, 0.29) is 32.1 Å². The average molecular weight is 1120 g/mol. The summed E-state index contributed by atoms with van der Waals surface area (Å²) in [6.07, 6.45) is -7.51. The highest BCUT2D eigenvalue weighted by Gasteiger charge is 2.82. The molecule has 1 aromatic rings. The SMILES string of the molecule is CO[C@@H]1[C@@H](O)[C@H](O[C@@H]2[C@@H](C)O[C@@H](O[C@H]3[C@@H](OC)C[C@H](O[C@H]4[C@@H](OC)C[C@H](O[C@H]5CC[C@]6(C)[C@H]7C[C@@H](OC(=O)/C=C/c8ccccc8)[C@@]8(C)[C@](O)(CC[C@@]8(O)[C@H](C)O)[C@]7(O)C=C[C@@]6(O)C5)O[C@@H]4C)O[C@@H]3C)C[C@H]2OC)O[C@H](C)[C@H]1O. The highest BCUT2D eigenvalue weighted by atomic mass is 16.8. The zero-order valence-corrected chi connectivity index (χ0v) is 47.5. The molecule has 4 aliphatic heterocycles. The van der Waals surface area contributed by atoms with E-state index in [4.69, 9.17) is 61.6 Å². The van der Waals surface area contributed by atoms with Gasteiger partial charge in [0.2, 0.25) is 0 Å². The van der Waals surface area contributed by atoms with Gasteiger partial charge in [-0.05, 0) is 78.4 Å². The maximum absolute atomic E-state index is 13.7. The van der Waals surface area contributed by atoms with Crippen molar-refractivity contribution >= 4 is 12.0 Å². The van der Waals surface area contributed by atoms with E-state index in [9.17, 15) is 40.5 Å². The molecule has 7 N–H and O–H groups in total. The number of hydrogen-bond donors (Lipinski definition) is 7. The second kappa shape index (κ2) is 23.5. The molecule has 9 rings (SSSR count). The van der Waals surface area contributed by atoms with Gasteiger partial charge >= 0.3 is 5.97 Å². The Hall–Kier alpha value is -2.59. The Bertz CT molecular complexity index is 2290. The average Bonchev–Trinajstić information content (AvgIpc) is 3.21. The fourth-order valence-electron chi connectivity index (χ4n) is 15.2. The second-order valence-corrected chi connectivity index (χ2v) is 24.2. The summed E-state index contributed by atoms with van der Waals surface area (Å²) in [5.41, 5.74) is -9.63. The number of aliphatic hydroxyl groups is 7. The maximum Gasteiger partial charge on any atom is 0.331 e. The summed E-state index contributed by atoms with van der Waals surface area (Å²) in [6.45, 7) is 12.2. The van der Waals surface area contributed by atoms with Crippen LogP contribution in [0.15, 0.2) is 48.6 Å². The largest absolute Gasteiger partial charge is 0.458 e. The Balaban J connectivity index is 0.821. The predicted octanol–water partition coefficient (Wildman–Crippen LogP) is 2.97. The van der Waals surface area contributed by atoms with Crippen molar-refractivity contribution in [1.82, 2.24) is 0 Å². The van der Waals surface area contributed by atoms with Gasteiger partial charge in [0, 0.05) is 71.5 Å². The summed E-state index contributed by atoms with van der Waals surface area (Å²) >= 11 is 0. The molecule has 21 nitrogen and oxygen atoms in total. The van der Waals surface area contributed by atoms with Crippen LogP contribution in [-0.2, 0) is 66.4 Å². The van der Waals surface area contributed by atoms with Gasteiger partial charge in [-0.1, -0.05) is 56.3 Å². The van der Waals surface area contributed by atoms with Crippen molar-refractivity contribution in [3.63, 3.8) is 0 Å². The molecule has 1 aromatic carbocycles. The molecule has 21 heteroatoms. The Kier molecular flexibility index (Phi) is 18.1. The molecular formula is C58H88O21. The van der Waals surface area contributed by atoms with E-state index in [0.717, 1.165) is 5.56 Å². The van der Waals surface area contributed by atoms with Gasteiger partial charge in [0.1, 0.15) is 59.5 Å². The molecule has 0 aromatic heterocycles. The number of ether oxygens (including phenoxy) is 13. The molecule has 79 heavy (non-hydrogen) atoms. The first-order valence-corrected chi connectivity index (χ1v) is 28.3. The van der Waals surface area contributed by atoms with Crippen LogP contribution in [0, 0.1) is 16.7 Å². The third-order valence-electron chi connectivity index (χ3n) is 20.0. The lowest BCUT2D eigenvalue weighted by atomic mass is 9.41. The number of fused-ring (bicyclic) bond motifs is 5. The van der Waals surface area contributed by atoms with Gasteiger partial charge in [0.25, 0.3) is 0 Å². The number of carbonyl (C=O) groups excluding carboxylic acids is 1. The van der Waals surface area contributed by atoms with Crippen LogP contribution >= 0.6 is 0 Å². The van der Waals surface area contributed by atoms with Crippen molar-refractivity contribution < 1.29 is 102 Å². The summed E-state index contributed by atoms with van der Waals surface area (Å²) in [5, 5.41) is 83.6. The van der Waals surface area contributed by atoms with Crippen LogP contribution in [0.5, 0.6) is 0 Å². The van der Waals surface area contributed by atoms with Crippen molar-refractivity contribution in [2.75, 3.05) is 28.4 Å². The zero-order chi connectivity index (χ0) is 57.2. The lowest BCUT2D eigenvalue weighted by Gasteiger charge is -2.68. The number of aliphatic hydroxyl groups excluding tert-OH is 3. The van der Waals surface area contributed by atoms with Crippen LogP contribution in [0.3, 0.4) is 0 Å². The lowest BCUT2D eigenvalue weighted by Crippen LogP contribution is -2.80. The molecule has 446 valence electrons. The van der Waals surface area contributed by atoms with Crippen LogP contribution in [0.4, 0.5) is 0 Å². The quantitative estimate of drug-likeness (QED) is 0.0712. The van der Waals surface area contributed by atoms with Gasteiger partial charge in [-0.25, -0.2) is 4.79 Å². The summed E-state index contributed by atoms with van der Waals surface area (Å²) in [6, 6.07) is 9.21. The first kappa shape index (κ1) is 61.0. The molecule has 27 atom stereocenters. The Morgan fingerprint density at radius 2 is 1.20 bits per heavy atom. The minimum Gasteiger partial charge on any atom is -0.458 e. The monoisotopic (exact) mass is 1120 g/mol. The van der Waals surface area contributed by atoms with Crippen molar-refractivity contribution in [3.05, 3.63) is 54.1 Å². The fraction of sp³-hybridized carbons (Fsp3) is 0.810. The highest BCUT2D eigenvalue weighted by molar-refractivity contribution is 5.87. The molecule has 4 aliphatic carbocycles. The molecule has 4 heterocycles. The van der Waals surface area contributed by atoms with E-state index >= 15 is 0 Å². The smallest absolute Gasteiger partial charge is 0.331 e. The minimum atomic E-state index is -2.09. The normalized spacial score (nSPS) is 50.4. The van der Waals surface area contributed by atoms with Gasteiger partial charge in [0.15, 0.2) is 25.2 Å². The molecule has 0 amide bonds. The number of hydrogen-bond acceptors (Lipinski definition) is 21. The van der Waals surface area contributed by atoms with Crippen LogP contribution in [-0.4, -0.2) is 215 Å². The van der Waals surface area contributed by atoms with E-state index < -0.39 is 168 Å². The maximum atomic E-state index is 13.7. The number of methoxy groups -OCH3 is 4. The van der Waals surface area contributed by atoms with E-state index in [1.165, 1.54) is 26.2 Å². The molecule has 0 bridgehead atoms. The van der Waals surface area contributed by atoms with Crippen molar-refractivity contribution in [2.24, 2.45) is 16.7 Å². The summed E-state index contributed by atoms with van der Waals surface area (Å²) in [7, 11) is 6.18. The summed E-state index contributed by atoms with van der Waals surface area (Å²) in [5.74, 6) is -1.58. The molecule has 4 saturated heterocycles. The predicted molar refractivity (Wildman–Crippen MR) is 279 cm³/mol. The highest BCUT2D eigenvalue weighted by Crippen LogP contribution is 2.71. The van der Waals surface area contributed by atoms with Gasteiger partial charge in [-0.2, -0.15) is 0 Å². The van der Waals surface area contributed by atoms with E-state index in [1.807, 2.05) is 58.0 Å². The minimum absolute atomic E-state index is 0.0282. The molecular weight excluding hydrogens is 1030 g/mol. The third kappa shape index (κ3) is 10.6. The topological polar surface area (TPSA) is 279 Å². The molecule has 8 aliphatic rings. The van der Waals surface area contributed by atoms with Crippen LogP contribution < -0.4 is 0 Å². The molecule has 0 spiro atoms. The third-order valence-corrected chi connectivity index (χ3v) is 20.0. The van der Waals surface area contributed by atoms with Gasteiger partial charge < -0.3 is 97.3 Å². The number of esters is 1. The van der Waals surface area contributed by atoms with Crippen molar-refractivity contribution in [1.29, 1.82) is 0 Å². The Labute approximate surface area is 463 Å². The Morgan fingerprint density at radius 1 is 0.658 bits per heavy atom. The second-order valence-electron chi connectivity index (χ2n) is 24.2. The zero-order valence-electron chi connectivity index (χ0n) is 47.5. The van der Waals surface area contributed by atoms with Gasteiger partial charge in [-0.3, -0.25) is 0 Å². The van der Waals surface area contributed by atoms with E-state index in [0.29, 0.717) is 25.7 Å². The molecule has 3 saturated carbocycles. The van der Waals surface area contributed by atoms with E-state index in [1.54, 1.807) is 47.3 Å². The fourth-order valence-corrected chi connectivity index (χ4v) is 15.2. The summed E-state index contributed by atoms with van der Waals surface area (Å²) < 4.78 is 80.8. The van der Waals surface area contributed by atoms with Crippen LogP contribution in [0.25, 0.3) is 6.08 Å². The number of carbonyl (C=O) groups is 1. The van der Waals surface area contributed by atoms with Gasteiger partial charge in [0.05, 0.1) is 66.0 Å². The van der Waals surface area contributed by atoms with Gasteiger partial charge in [-0.15, -0.1) is 0 Å². The number of rotatable bonds is 16. The van der Waals surface area contributed by atoms with Crippen molar-refractivity contribution in [3.8, 4) is 0 Å². The van der Waals surface area contributed by atoms with Crippen molar-refractivity contribution in [2.45, 2.75) is 251 Å². The van der Waals surface area contributed by atoms with Crippen LogP contribution in [0.1, 0.15) is 112 Å². The molecule has 7 fully saturated rings. The first-order valence-electron chi connectivity index (χ1n) is 28.3.